The summed E-state index contributed by atoms with van der Waals surface area (Å²) in [5, 5.41) is 6.12. The Balaban J connectivity index is 2.73. The van der Waals surface area contributed by atoms with Crippen LogP contribution in [0.4, 0.5) is 5.69 Å². The van der Waals surface area contributed by atoms with Crippen LogP contribution in [0.1, 0.15) is 30.0 Å². The van der Waals surface area contributed by atoms with Crippen molar-refractivity contribution in [2.45, 2.75) is 26.7 Å². The first-order chi connectivity index (χ1) is 7.69. The Hall–Kier alpha value is -1.84. The van der Waals surface area contributed by atoms with Crippen LogP contribution in [0, 0.1) is 16.7 Å². The molecule has 4 heteroatoms. The zero-order valence-corrected chi connectivity index (χ0v) is 9.28. The fraction of sp³-hybridized carbons (Fsp3) is 0.333. The van der Waals surface area contributed by atoms with Crippen LogP contribution in [0.25, 0.3) is 5.70 Å². The van der Waals surface area contributed by atoms with E-state index in [0.717, 1.165) is 35.1 Å². The second-order valence-corrected chi connectivity index (χ2v) is 4.07. The van der Waals surface area contributed by atoms with Crippen molar-refractivity contribution in [3.05, 3.63) is 44.2 Å². The zero-order valence-electron chi connectivity index (χ0n) is 9.28. The molecular weight excluding hydrogens is 204 g/mol. The molecule has 0 bridgehead atoms. The van der Waals surface area contributed by atoms with Crippen molar-refractivity contribution in [3.8, 4) is 0 Å². The van der Waals surface area contributed by atoms with Crippen molar-refractivity contribution in [2.75, 3.05) is 0 Å². The van der Waals surface area contributed by atoms with E-state index in [9.17, 15) is 9.81 Å². The van der Waals surface area contributed by atoms with Gasteiger partial charge in [0, 0.05) is 5.56 Å². The van der Waals surface area contributed by atoms with Crippen LogP contribution in [0.3, 0.4) is 0 Å². The van der Waals surface area contributed by atoms with Gasteiger partial charge in [-0.1, -0.05) is 12.1 Å². The molecule has 2 rings (SSSR count). The van der Waals surface area contributed by atoms with Gasteiger partial charge >= 0.3 is 0 Å². The molecule has 0 saturated carbocycles. The van der Waals surface area contributed by atoms with Crippen LogP contribution in [0.5, 0.6) is 0 Å². The van der Waals surface area contributed by atoms with Crippen molar-refractivity contribution >= 4 is 11.4 Å². The average Bonchev–Trinajstić information content (AvgIpc) is 2.29. The molecule has 0 atom stereocenters. The highest BCUT2D eigenvalue weighted by molar-refractivity contribution is 5.76. The summed E-state index contributed by atoms with van der Waals surface area (Å²) in [7, 11) is 0. The number of nitrogens with zero attached hydrogens (tertiary/aromatic N) is 2. The van der Waals surface area contributed by atoms with Crippen LogP contribution in [-0.4, -0.2) is 0 Å². The van der Waals surface area contributed by atoms with Crippen molar-refractivity contribution in [3.63, 3.8) is 0 Å². The predicted octanol–water partition coefficient (Wildman–Crippen LogP) is 3.84. The van der Waals surface area contributed by atoms with E-state index in [4.69, 9.17) is 0 Å². The fourth-order valence-electron chi connectivity index (χ4n) is 2.14. The van der Waals surface area contributed by atoms with Crippen LogP contribution >= 0.6 is 0 Å². The molecule has 1 aromatic carbocycles. The molecule has 0 amide bonds. The number of rotatable bonds is 2. The van der Waals surface area contributed by atoms with Crippen molar-refractivity contribution in [1.29, 1.82) is 0 Å². The van der Waals surface area contributed by atoms with Gasteiger partial charge in [-0.3, -0.25) is 0 Å². The highest BCUT2D eigenvalue weighted by atomic mass is 16.3. The van der Waals surface area contributed by atoms with E-state index in [1.54, 1.807) is 6.07 Å². The SMILES string of the molecule is CC1=C(N=O)c2ccc(C)c(N=O)c2CC1. The first kappa shape index (κ1) is 10.7. The molecule has 16 heavy (non-hydrogen) atoms. The summed E-state index contributed by atoms with van der Waals surface area (Å²) < 4.78 is 0. The van der Waals surface area contributed by atoms with E-state index in [0.29, 0.717) is 11.4 Å². The molecular formula is C12H12N2O2. The first-order valence-electron chi connectivity index (χ1n) is 5.18. The number of benzene rings is 1. The number of hydrogen-bond acceptors (Lipinski definition) is 4. The molecule has 82 valence electrons. The maximum atomic E-state index is 10.8. The van der Waals surface area contributed by atoms with Gasteiger partial charge in [-0.2, -0.15) is 0 Å². The van der Waals surface area contributed by atoms with Gasteiger partial charge in [-0.05, 0) is 53.7 Å². The molecule has 0 heterocycles. The lowest BCUT2D eigenvalue weighted by Crippen LogP contribution is -2.03. The quantitative estimate of drug-likeness (QED) is 0.705. The van der Waals surface area contributed by atoms with Crippen molar-refractivity contribution < 1.29 is 0 Å². The second-order valence-electron chi connectivity index (χ2n) is 4.07. The summed E-state index contributed by atoms with van der Waals surface area (Å²) in [5.41, 5.74) is 4.37. The van der Waals surface area contributed by atoms with E-state index in [-0.39, 0.29) is 0 Å². The third-order valence-electron chi connectivity index (χ3n) is 3.08. The molecule has 0 radical (unpaired) electrons. The Kier molecular flexibility index (Phi) is 2.64. The average molecular weight is 216 g/mol. The van der Waals surface area contributed by atoms with Crippen LogP contribution in [-0.2, 0) is 6.42 Å². The van der Waals surface area contributed by atoms with Gasteiger partial charge in [-0.15, -0.1) is 9.81 Å². The number of hydrogen-bond donors (Lipinski definition) is 0. The van der Waals surface area contributed by atoms with E-state index in [1.807, 2.05) is 19.9 Å². The van der Waals surface area contributed by atoms with Crippen molar-refractivity contribution in [1.82, 2.24) is 0 Å². The first-order valence-corrected chi connectivity index (χ1v) is 5.18. The van der Waals surface area contributed by atoms with Gasteiger partial charge in [0.05, 0.1) is 0 Å². The van der Waals surface area contributed by atoms with Crippen LogP contribution < -0.4 is 0 Å². The summed E-state index contributed by atoms with van der Waals surface area (Å²) in [5.74, 6) is 0. The largest absolute Gasteiger partial charge is 0.145 e. The summed E-state index contributed by atoms with van der Waals surface area (Å²) >= 11 is 0. The summed E-state index contributed by atoms with van der Waals surface area (Å²) in [6, 6.07) is 3.65. The van der Waals surface area contributed by atoms with Gasteiger partial charge in [-0.25, -0.2) is 0 Å². The minimum absolute atomic E-state index is 0.464. The summed E-state index contributed by atoms with van der Waals surface area (Å²) in [4.78, 5) is 21.6. The van der Waals surface area contributed by atoms with Gasteiger partial charge in [0.1, 0.15) is 11.4 Å². The lowest BCUT2D eigenvalue weighted by molar-refractivity contribution is 0.909. The minimum Gasteiger partial charge on any atom is -0.145 e. The summed E-state index contributed by atoms with van der Waals surface area (Å²) in [6.07, 6.45) is 1.52. The molecule has 0 fully saturated rings. The van der Waals surface area contributed by atoms with Gasteiger partial charge in [0.2, 0.25) is 0 Å². The Morgan fingerprint density at radius 2 is 1.81 bits per heavy atom. The lowest BCUT2D eigenvalue weighted by Gasteiger charge is -2.18. The minimum atomic E-state index is 0.464. The Morgan fingerprint density at radius 3 is 2.44 bits per heavy atom. The second kappa shape index (κ2) is 3.96. The third kappa shape index (κ3) is 1.46. The van der Waals surface area contributed by atoms with Gasteiger partial charge < -0.3 is 0 Å². The molecule has 0 N–H and O–H groups in total. The lowest BCUT2D eigenvalue weighted by atomic mass is 9.88. The number of aryl methyl sites for hydroxylation is 1. The Morgan fingerprint density at radius 1 is 1.06 bits per heavy atom. The van der Waals surface area contributed by atoms with E-state index in [2.05, 4.69) is 10.4 Å². The number of fused-ring (bicyclic) bond motifs is 1. The van der Waals surface area contributed by atoms with Crippen LogP contribution in [0.15, 0.2) is 28.1 Å². The zero-order chi connectivity index (χ0) is 11.7. The van der Waals surface area contributed by atoms with E-state index >= 15 is 0 Å². The maximum Gasteiger partial charge on any atom is 0.114 e. The highest BCUT2D eigenvalue weighted by Gasteiger charge is 2.21. The highest BCUT2D eigenvalue weighted by Crippen LogP contribution is 2.38. The molecule has 0 aromatic heterocycles. The van der Waals surface area contributed by atoms with Gasteiger partial charge in [0.15, 0.2) is 0 Å². The topological polar surface area (TPSA) is 58.9 Å². The van der Waals surface area contributed by atoms with Crippen molar-refractivity contribution in [2.24, 2.45) is 10.4 Å². The Labute approximate surface area is 93.3 Å². The molecule has 0 unspecified atom stereocenters. The van der Waals surface area contributed by atoms with Crippen LogP contribution in [0.2, 0.25) is 0 Å². The molecule has 1 aliphatic carbocycles. The fourth-order valence-corrected chi connectivity index (χ4v) is 2.14. The molecule has 0 saturated heterocycles. The Bertz CT molecular complexity index is 504. The molecule has 4 nitrogen and oxygen atoms in total. The summed E-state index contributed by atoms with van der Waals surface area (Å²) in [6.45, 7) is 3.74. The number of allylic oxidation sites excluding steroid dienone is 1. The normalized spacial score (nSPS) is 14.6. The third-order valence-corrected chi connectivity index (χ3v) is 3.08. The smallest absolute Gasteiger partial charge is 0.114 e. The standard InChI is InChI=1S/C12H12N2O2/c1-7-3-5-10-9(11(7)13-15)6-4-8(2)12(10)14-16/h3,5H,4,6H2,1-2H3. The maximum absolute atomic E-state index is 10.8. The molecule has 1 aromatic rings. The molecule has 0 spiro atoms. The van der Waals surface area contributed by atoms with Gasteiger partial charge in [0.25, 0.3) is 0 Å². The molecule has 0 aliphatic heterocycles. The number of nitroso groups, excluding NO2 is 2. The van der Waals surface area contributed by atoms with E-state index < -0.39 is 0 Å². The predicted molar refractivity (Wildman–Crippen MR) is 63.3 cm³/mol. The monoisotopic (exact) mass is 216 g/mol. The molecule has 1 aliphatic rings. The van der Waals surface area contributed by atoms with E-state index in [1.165, 1.54) is 0 Å².